The summed E-state index contributed by atoms with van der Waals surface area (Å²) in [5.41, 5.74) is 1.10. The predicted octanol–water partition coefficient (Wildman–Crippen LogP) is 15.1. The normalized spacial score (nSPS) is 12.3. The molecule has 0 radical (unpaired) electrons. The zero-order chi connectivity index (χ0) is 54.0. The van der Waals surface area contributed by atoms with Gasteiger partial charge in [-0.15, -0.1) is 0 Å². The molecule has 7 aromatic carbocycles. The van der Waals surface area contributed by atoms with Gasteiger partial charge in [-0.25, -0.2) is 4.79 Å². The number of benzene rings is 7. The molecule has 0 aromatic heterocycles. The van der Waals surface area contributed by atoms with Gasteiger partial charge in [-0.2, -0.15) is 0 Å². The van der Waals surface area contributed by atoms with Crippen LogP contribution in [0.1, 0.15) is 78.6 Å². The topological polar surface area (TPSA) is 141 Å². The number of amides is 2. The molecular formula is C59H54Br2Cl2N2O10. The third-order valence-corrected chi connectivity index (χ3v) is 14.2. The lowest BCUT2D eigenvalue weighted by molar-refractivity contribution is -0.152. The number of carbonyl (C=O) groups is 4. The molecule has 0 aliphatic heterocycles. The average Bonchev–Trinajstić information content (AvgIpc) is 3.40. The molecule has 0 aliphatic rings. The molecule has 16 heteroatoms. The number of esters is 1. The van der Waals surface area contributed by atoms with Gasteiger partial charge in [0, 0.05) is 34.5 Å². The molecule has 7 aromatic rings. The Kier molecular flexibility index (Phi) is 18.7. The summed E-state index contributed by atoms with van der Waals surface area (Å²) in [6.45, 7) is 6.30. The minimum Gasteiger partial charge on any atom is -0.496 e. The Balaban J connectivity index is 1.39. The number of hydrogen-bond donors (Lipinski definition) is 1. The van der Waals surface area contributed by atoms with Crippen LogP contribution in [0.15, 0.2) is 161 Å². The van der Waals surface area contributed by atoms with Gasteiger partial charge in [-0.05, 0) is 135 Å². The summed E-state index contributed by atoms with van der Waals surface area (Å²) < 4.78 is 30.7. The number of methoxy groups -OCH3 is 2. The van der Waals surface area contributed by atoms with E-state index in [1.165, 1.54) is 17.0 Å². The highest BCUT2D eigenvalue weighted by molar-refractivity contribution is 9.11. The zero-order valence-corrected chi connectivity index (χ0v) is 46.6. The van der Waals surface area contributed by atoms with E-state index in [0.717, 1.165) is 21.6 Å². The second-order valence-electron chi connectivity index (χ2n) is 17.5. The SMILES string of the molecule is CCOC(=O)C(CC)(C(C(=O)N(CC(=O)O)c1cc(Cl)c(Oc2ccc(OC)c(Cc3ccccc3)c2)c(Cl)c1)c1ccccc1)N(C(=O)c1ccccc1)c1cc(Br)c(Oc2ccc(OC)c(C(C)C)c2)c(Br)c1. The van der Waals surface area contributed by atoms with Crippen LogP contribution in [-0.4, -0.2) is 61.8 Å². The second-order valence-corrected chi connectivity index (χ2v) is 20.1. The van der Waals surface area contributed by atoms with Crippen molar-refractivity contribution in [3.63, 3.8) is 0 Å². The van der Waals surface area contributed by atoms with Gasteiger partial charge in [0.2, 0.25) is 5.91 Å². The molecule has 0 aliphatic carbocycles. The minimum atomic E-state index is -2.25. The molecule has 0 spiro atoms. The molecule has 2 amide bonds. The van der Waals surface area contributed by atoms with Crippen LogP contribution >= 0.6 is 55.1 Å². The van der Waals surface area contributed by atoms with Gasteiger partial charge in [0.15, 0.2) is 17.0 Å². The Morgan fingerprint density at radius 1 is 0.667 bits per heavy atom. The molecule has 75 heavy (non-hydrogen) atoms. The molecule has 0 saturated heterocycles. The van der Waals surface area contributed by atoms with Crippen LogP contribution in [0.4, 0.5) is 11.4 Å². The average molecular weight is 1180 g/mol. The van der Waals surface area contributed by atoms with E-state index in [9.17, 15) is 9.90 Å². The standard InChI is InChI=1S/C59H54Br2Cl2N2O10/c1-7-59(58(70)73-8-2,65(56(68)39-22-16-11-17-23-39)42-30-46(60)54(47(61)31-42)74-44-25-27-51(72-6)45(34-44)36(3)4)53(38-20-14-10-15-21-38)57(69)64(35-52(66)67)41-32-48(62)55(49(63)33-41)75-43-24-26-50(71-5)40(29-43)28-37-18-12-9-13-19-37/h9-27,29-34,36,53H,7-8,28,35H2,1-6H3,(H,66,67). The third-order valence-electron chi connectivity index (χ3n) is 12.5. The molecule has 2 atom stereocenters. The van der Waals surface area contributed by atoms with E-state index in [2.05, 4.69) is 31.9 Å². The smallest absolute Gasteiger partial charge is 0.333 e. The summed E-state index contributed by atoms with van der Waals surface area (Å²) in [6, 6.07) is 43.2. The lowest BCUT2D eigenvalue weighted by Crippen LogP contribution is -2.64. The van der Waals surface area contributed by atoms with Crippen LogP contribution in [0.25, 0.3) is 0 Å². The van der Waals surface area contributed by atoms with E-state index in [0.29, 0.717) is 44.1 Å². The number of carboxylic acids is 1. The van der Waals surface area contributed by atoms with Gasteiger partial charge in [0.05, 0.1) is 45.7 Å². The molecule has 1 N–H and O–H groups in total. The molecule has 2 unspecified atom stereocenters. The van der Waals surface area contributed by atoms with Crippen LogP contribution in [0.5, 0.6) is 34.5 Å². The van der Waals surface area contributed by atoms with Gasteiger partial charge in [-0.1, -0.05) is 123 Å². The molecule has 388 valence electrons. The maximum absolute atomic E-state index is 16.1. The number of carboxylic acid groups (broad SMARTS) is 1. The fourth-order valence-electron chi connectivity index (χ4n) is 9.00. The largest absolute Gasteiger partial charge is 0.496 e. The Hall–Kier alpha value is -6.84. The number of ether oxygens (including phenoxy) is 5. The summed E-state index contributed by atoms with van der Waals surface area (Å²) in [5.74, 6) is -2.86. The van der Waals surface area contributed by atoms with E-state index < -0.39 is 41.8 Å². The number of hydrogen-bond acceptors (Lipinski definition) is 9. The van der Waals surface area contributed by atoms with E-state index in [1.54, 1.807) is 125 Å². The van der Waals surface area contributed by atoms with E-state index in [-0.39, 0.29) is 57.2 Å². The summed E-state index contributed by atoms with van der Waals surface area (Å²) >= 11 is 21.4. The lowest BCUT2D eigenvalue weighted by atomic mass is 9.74. The molecule has 12 nitrogen and oxygen atoms in total. The van der Waals surface area contributed by atoms with Crippen molar-refractivity contribution in [2.45, 2.75) is 57.9 Å². The predicted molar refractivity (Wildman–Crippen MR) is 300 cm³/mol. The minimum absolute atomic E-state index is 0.0326. The molecule has 0 fully saturated rings. The summed E-state index contributed by atoms with van der Waals surface area (Å²) in [7, 11) is 3.19. The van der Waals surface area contributed by atoms with Crippen molar-refractivity contribution in [2.24, 2.45) is 0 Å². The number of halogens is 4. The number of rotatable bonds is 21. The maximum Gasteiger partial charge on any atom is 0.333 e. The van der Waals surface area contributed by atoms with Crippen molar-refractivity contribution in [1.29, 1.82) is 0 Å². The monoisotopic (exact) mass is 1180 g/mol. The highest BCUT2D eigenvalue weighted by Gasteiger charge is 2.58. The molecule has 0 heterocycles. The quantitative estimate of drug-likeness (QED) is 0.0691. The lowest BCUT2D eigenvalue weighted by Gasteiger charge is -2.46. The first kappa shape index (κ1) is 55.9. The van der Waals surface area contributed by atoms with Gasteiger partial charge >= 0.3 is 11.9 Å². The summed E-state index contributed by atoms with van der Waals surface area (Å²) in [5, 5.41) is 10.5. The van der Waals surface area contributed by atoms with Crippen molar-refractivity contribution >= 4 is 90.2 Å². The van der Waals surface area contributed by atoms with Crippen LogP contribution in [0.2, 0.25) is 10.0 Å². The number of carbonyl (C=O) groups excluding carboxylic acids is 3. The Morgan fingerprint density at radius 2 is 1.21 bits per heavy atom. The highest BCUT2D eigenvalue weighted by atomic mass is 79.9. The zero-order valence-electron chi connectivity index (χ0n) is 41.9. The molecule has 7 rings (SSSR count). The second kappa shape index (κ2) is 25.1. The number of nitrogens with zero attached hydrogens (tertiary/aromatic N) is 2. The van der Waals surface area contributed by atoms with Crippen molar-refractivity contribution in [1.82, 2.24) is 0 Å². The fraction of sp³-hybridized carbons (Fsp3) is 0.220. The Bertz CT molecular complexity index is 3140. The van der Waals surface area contributed by atoms with Crippen molar-refractivity contribution in [3.8, 4) is 34.5 Å². The molecule has 0 bridgehead atoms. The first-order valence-corrected chi connectivity index (χ1v) is 26.3. The van der Waals surface area contributed by atoms with E-state index in [1.807, 2.05) is 56.3 Å². The third kappa shape index (κ3) is 12.5. The van der Waals surface area contributed by atoms with Crippen LogP contribution in [-0.2, 0) is 25.5 Å². The summed E-state index contributed by atoms with van der Waals surface area (Å²) in [4.78, 5) is 62.3. The summed E-state index contributed by atoms with van der Waals surface area (Å²) in [6.07, 6.45) is 0.310. The van der Waals surface area contributed by atoms with Crippen molar-refractivity contribution in [3.05, 3.63) is 198 Å². The number of anilines is 2. The fourth-order valence-corrected chi connectivity index (χ4v) is 10.9. The number of aliphatic carboxylic acids is 1. The van der Waals surface area contributed by atoms with Crippen LogP contribution < -0.4 is 28.7 Å². The Labute approximate surface area is 463 Å². The van der Waals surface area contributed by atoms with Crippen molar-refractivity contribution in [2.75, 3.05) is 37.2 Å². The van der Waals surface area contributed by atoms with Crippen molar-refractivity contribution < 1.29 is 48.0 Å². The molecular weight excluding hydrogens is 1130 g/mol. The first-order chi connectivity index (χ1) is 36.0. The van der Waals surface area contributed by atoms with E-state index in [4.69, 9.17) is 46.9 Å². The highest BCUT2D eigenvalue weighted by Crippen LogP contribution is 2.49. The van der Waals surface area contributed by atoms with E-state index >= 15 is 14.4 Å². The van der Waals surface area contributed by atoms with Gasteiger partial charge in [-0.3, -0.25) is 19.3 Å². The van der Waals surface area contributed by atoms with Crippen LogP contribution in [0, 0.1) is 0 Å². The van der Waals surface area contributed by atoms with Gasteiger partial charge < -0.3 is 33.7 Å². The first-order valence-electron chi connectivity index (χ1n) is 23.9. The van der Waals surface area contributed by atoms with Gasteiger partial charge in [0.1, 0.15) is 29.5 Å². The van der Waals surface area contributed by atoms with Crippen LogP contribution in [0.3, 0.4) is 0 Å². The maximum atomic E-state index is 16.1. The Morgan fingerprint density at radius 3 is 1.76 bits per heavy atom. The molecule has 0 saturated carbocycles. The van der Waals surface area contributed by atoms with Gasteiger partial charge in [0.25, 0.3) is 5.91 Å².